The molecule has 88 valence electrons. The Morgan fingerprint density at radius 1 is 1.25 bits per heavy atom. The van der Waals surface area contributed by atoms with E-state index in [1.165, 1.54) is 12.1 Å². The van der Waals surface area contributed by atoms with Crippen LogP contribution in [0.25, 0.3) is 0 Å². The molecule has 4 nitrogen and oxygen atoms in total. The van der Waals surface area contributed by atoms with Gasteiger partial charge in [0.2, 0.25) is 0 Å². The Morgan fingerprint density at radius 2 is 1.69 bits per heavy atom. The molecule has 1 aromatic rings. The van der Waals surface area contributed by atoms with Crippen molar-refractivity contribution in [2.45, 2.75) is 13.8 Å². The molecule has 5 heteroatoms. The van der Waals surface area contributed by atoms with Gasteiger partial charge in [0.25, 0.3) is 0 Å². The molecule has 0 amide bonds. The van der Waals surface area contributed by atoms with Crippen LogP contribution in [-0.2, 0) is 0 Å². The Labute approximate surface area is 108 Å². The van der Waals surface area contributed by atoms with Gasteiger partial charge < -0.3 is 14.6 Å². The lowest BCUT2D eigenvalue weighted by atomic mass is 10.2. The average Bonchev–Trinajstić information content (AvgIpc) is 2.24. The first-order chi connectivity index (χ1) is 7.60. The number of aromatic carboxylic acids is 1. The minimum absolute atomic E-state index is 0.173. The molecule has 1 aromatic carbocycles. The third-order valence-electron chi connectivity index (χ3n) is 1.85. The first kappa shape index (κ1) is 13.1. The Balaban J connectivity index is 3.21. The summed E-state index contributed by atoms with van der Waals surface area (Å²) in [4.78, 5) is 10.9. The largest absolute Gasteiger partial charge is 0.493 e. The standard InChI is InChI=1S/C11H13IO4/c1-3-15-8-5-7(11(13)14)6-9(10(8)12)16-4-2/h5-6H,3-4H2,1-2H3,(H,13,14). The second-order valence-corrected chi connectivity index (χ2v) is 4.04. The van der Waals surface area contributed by atoms with Gasteiger partial charge in [-0.25, -0.2) is 4.79 Å². The summed E-state index contributed by atoms with van der Waals surface area (Å²) < 4.78 is 11.5. The van der Waals surface area contributed by atoms with Crippen molar-refractivity contribution in [3.8, 4) is 11.5 Å². The molecule has 1 rings (SSSR count). The Bertz CT molecular complexity index is 363. The van der Waals surface area contributed by atoms with Gasteiger partial charge in [-0.05, 0) is 48.6 Å². The predicted molar refractivity (Wildman–Crippen MR) is 68.5 cm³/mol. The molecule has 0 saturated carbocycles. The number of hydrogen-bond donors (Lipinski definition) is 1. The number of rotatable bonds is 5. The van der Waals surface area contributed by atoms with E-state index in [0.717, 1.165) is 3.57 Å². The molecule has 1 N–H and O–H groups in total. The van der Waals surface area contributed by atoms with Gasteiger partial charge >= 0.3 is 5.97 Å². The van der Waals surface area contributed by atoms with E-state index in [0.29, 0.717) is 24.7 Å². The maximum absolute atomic E-state index is 10.9. The normalized spacial score (nSPS) is 9.94. The number of carbonyl (C=O) groups is 1. The second-order valence-electron chi connectivity index (χ2n) is 2.96. The molecule has 0 saturated heterocycles. The maximum Gasteiger partial charge on any atom is 0.335 e. The molecule has 0 aromatic heterocycles. The van der Waals surface area contributed by atoms with Crippen LogP contribution >= 0.6 is 22.6 Å². The molecule has 0 unspecified atom stereocenters. The van der Waals surface area contributed by atoms with E-state index in [-0.39, 0.29) is 5.56 Å². The Kier molecular flexibility index (Phi) is 4.85. The van der Waals surface area contributed by atoms with Gasteiger partial charge in [-0.15, -0.1) is 0 Å². The van der Waals surface area contributed by atoms with Crippen LogP contribution in [0.15, 0.2) is 12.1 Å². The molecule has 0 fully saturated rings. The van der Waals surface area contributed by atoms with Crippen molar-refractivity contribution in [2.24, 2.45) is 0 Å². The number of benzene rings is 1. The van der Waals surface area contributed by atoms with E-state index in [1.807, 2.05) is 13.8 Å². The SMILES string of the molecule is CCOc1cc(C(=O)O)cc(OCC)c1I. The predicted octanol–water partition coefficient (Wildman–Crippen LogP) is 2.79. The molecule has 0 atom stereocenters. The molecule has 0 aliphatic rings. The lowest BCUT2D eigenvalue weighted by Crippen LogP contribution is -2.03. The van der Waals surface area contributed by atoms with E-state index in [2.05, 4.69) is 22.6 Å². The first-order valence-corrected chi connectivity index (χ1v) is 6.00. The minimum Gasteiger partial charge on any atom is -0.493 e. The van der Waals surface area contributed by atoms with Crippen LogP contribution in [0.1, 0.15) is 24.2 Å². The number of hydrogen-bond acceptors (Lipinski definition) is 3. The quantitative estimate of drug-likeness (QED) is 0.840. The van der Waals surface area contributed by atoms with Crippen LogP contribution in [0.3, 0.4) is 0 Å². The van der Waals surface area contributed by atoms with Crippen LogP contribution < -0.4 is 9.47 Å². The zero-order valence-corrected chi connectivity index (χ0v) is 11.3. The zero-order valence-electron chi connectivity index (χ0n) is 9.12. The van der Waals surface area contributed by atoms with Crippen LogP contribution in [-0.4, -0.2) is 24.3 Å². The first-order valence-electron chi connectivity index (χ1n) is 4.92. The van der Waals surface area contributed by atoms with Gasteiger partial charge in [-0.1, -0.05) is 0 Å². The van der Waals surface area contributed by atoms with Gasteiger partial charge in [-0.3, -0.25) is 0 Å². The third kappa shape index (κ3) is 3.01. The van der Waals surface area contributed by atoms with E-state index in [9.17, 15) is 4.79 Å². The highest BCUT2D eigenvalue weighted by Gasteiger charge is 2.14. The Morgan fingerprint density at radius 3 is 2.00 bits per heavy atom. The summed E-state index contributed by atoms with van der Waals surface area (Å²) in [5, 5.41) is 8.95. The molecule has 0 radical (unpaired) electrons. The topological polar surface area (TPSA) is 55.8 Å². The molecular weight excluding hydrogens is 323 g/mol. The number of halogens is 1. The van der Waals surface area contributed by atoms with E-state index >= 15 is 0 Å². The fourth-order valence-electron chi connectivity index (χ4n) is 1.22. The molecule has 0 aliphatic carbocycles. The number of carboxylic acids is 1. The monoisotopic (exact) mass is 336 g/mol. The lowest BCUT2D eigenvalue weighted by Gasteiger charge is -2.12. The summed E-state index contributed by atoms with van der Waals surface area (Å²) in [5.41, 5.74) is 0.173. The minimum atomic E-state index is -0.988. The number of carboxylic acid groups (broad SMARTS) is 1. The van der Waals surface area contributed by atoms with Crippen LogP contribution in [0.5, 0.6) is 11.5 Å². The van der Waals surface area contributed by atoms with Crippen molar-refractivity contribution in [1.82, 2.24) is 0 Å². The van der Waals surface area contributed by atoms with Crippen molar-refractivity contribution < 1.29 is 19.4 Å². The van der Waals surface area contributed by atoms with Crippen LogP contribution in [0.2, 0.25) is 0 Å². The molecule has 0 heterocycles. The van der Waals surface area contributed by atoms with Crippen molar-refractivity contribution in [3.63, 3.8) is 0 Å². The lowest BCUT2D eigenvalue weighted by molar-refractivity contribution is 0.0695. The van der Waals surface area contributed by atoms with Crippen molar-refractivity contribution >= 4 is 28.6 Å². The molecule has 0 bridgehead atoms. The highest BCUT2D eigenvalue weighted by atomic mass is 127. The fraction of sp³-hybridized carbons (Fsp3) is 0.364. The van der Waals surface area contributed by atoms with Gasteiger partial charge in [0.05, 0.1) is 22.3 Å². The van der Waals surface area contributed by atoms with E-state index in [4.69, 9.17) is 14.6 Å². The second kappa shape index (κ2) is 5.93. The van der Waals surface area contributed by atoms with Gasteiger partial charge in [0.15, 0.2) is 0 Å². The summed E-state index contributed by atoms with van der Waals surface area (Å²) in [6, 6.07) is 3.02. The summed E-state index contributed by atoms with van der Waals surface area (Å²) in [5.74, 6) is 0.108. The van der Waals surface area contributed by atoms with Crippen LogP contribution in [0.4, 0.5) is 0 Å². The van der Waals surface area contributed by atoms with Crippen molar-refractivity contribution in [3.05, 3.63) is 21.3 Å². The molecule has 0 spiro atoms. The smallest absolute Gasteiger partial charge is 0.335 e. The van der Waals surface area contributed by atoms with E-state index in [1.54, 1.807) is 0 Å². The summed E-state index contributed by atoms with van der Waals surface area (Å²) in [6.45, 7) is 4.68. The highest BCUT2D eigenvalue weighted by molar-refractivity contribution is 14.1. The van der Waals surface area contributed by atoms with Crippen molar-refractivity contribution in [1.29, 1.82) is 0 Å². The molecule has 0 aliphatic heterocycles. The molecular formula is C11H13IO4. The highest BCUT2D eigenvalue weighted by Crippen LogP contribution is 2.32. The molecule has 16 heavy (non-hydrogen) atoms. The summed E-state index contributed by atoms with van der Waals surface area (Å²) in [7, 11) is 0. The zero-order chi connectivity index (χ0) is 12.1. The van der Waals surface area contributed by atoms with Gasteiger partial charge in [0, 0.05) is 0 Å². The third-order valence-corrected chi connectivity index (χ3v) is 2.92. The number of ether oxygens (including phenoxy) is 2. The fourth-order valence-corrected chi connectivity index (χ4v) is 1.84. The van der Waals surface area contributed by atoms with Gasteiger partial charge in [-0.2, -0.15) is 0 Å². The summed E-state index contributed by atoms with van der Waals surface area (Å²) >= 11 is 2.08. The van der Waals surface area contributed by atoms with E-state index < -0.39 is 5.97 Å². The summed E-state index contributed by atoms with van der Waals surface area (Å²) in [6.07, 6.45) is 0. The van der Waals surface area contributed by atoms with Crippen molar-refractivity contribution in [2.75, 3.05) is 13.2 Å². The van der Waals surface area contributed by atoms with Crippen LogP contribution in [0, 0.1) is 3.57 Å². The maximum atomic E-state index is 10.9. The van der Waals surface area contributed by atoms with Gasteiger partial charge in [0.1, 0.15) is 11.5 Å². The average molecular weight is 336 g/mol. The Hall–Kier alpha value is -0.980.